The molecule has 0 heterocycles. The second-order valence-corrected chi connectivity index (χ2v) is 4.43. The van der Waals surface area contributed by atoms with E-state index in [2.05, 4.69) is 0 Å². The van der Waals surface area contributed by atoms with Crippen molar-refractivity contribution in [1.82, 2.24) is 4.90 Å². The lowest BCUT2D eigenvalue weighted by Gasteiger charge is -2.24. The zero-order valence-corrected chi connectivity index (χ0v) is 11.1. The van der Waals surface area contributed by atoms with Gasteiger partial charge in [0.15, 0.2) is 0 Å². The number of nitrogens with zero attached hydrogens (tertiary/aromatic N) is 1. The van der Waals surface area contributed by atoms with Gasteiger partial charge in [-0.15, -0.1) is 0 Å². The normalized spacial score (nSPS) is 11.9. The monoisotopic (exact) mass is 267 g/mol. The average molecular weight is 267 g/mol. The molecular formula is C14H18FNO3. The highest BCUT2D eigenvalue weighted by Gasteiger charge is 2.23. The molecular weight excluding hydrogens is 249 g/mol. The quantitative estimate of drug-likeness (QED) is 0.860. The van der Waals surface area contributed by atoms with Crippen LogP contribution in [0.1, 0.15) is 31.7 Å². The Kier molecular flexibility index (Phi) is 5.48. The van der Waals surface area contributed by atoms with Gasteiger partial charge in [-0.2, -0.15) is 0 Å². The molecule has 0 saturated carbocycles. The number of benzene rings is 1. The fourth-order valence-corrected chi connectivity index (χ4v) is 1.89. The van der Waals surface area contributed by atoms with Crippen molar-refractivity contribution in [3.63, 3.8) is 0 Å². The van der Waals surface area contributed by atoms with Crippen LogP contribution in [-0.2, 0) is 9.59 Å². The van der Waals surface area contributed by atoms with E-state index in [1.807, 2.05) is 6.92 Å². The standard InChI is InChI=1S/C14H18FNO3/c1-3-7-16(9-13(17)18)14(19)10(2)11-5-4-6-12(15)8-11/h4-6,8,10H,3,7,9H2,1-2H3,(H,17,18). The molecule has 1 rings (SSSR count). The Balaban J connectivity index is 2.86. The van der Waals surface area contributed by atoms with E-state index in [4.69, 9.17) is 5.11 Å². The largest absolute Gasteiger partial charge is 0.480 e. The van der Waals surface area contributed by atoms with Gasteiger partial charge in [0.25, 0.3) is 0 Å². The van der Waals surface area contributed by atoms with Crippen LogP contribution in [0.15, 0.2) is 24.3 Å². The van der Waals surface area contributed by atoms with E-state index in [0.717, 1.165) is 0 Å². The van der Waals surface area contributed by atoms with Gasteiger partial charge in [-0.25, -0.2) is 4.39 Å². The molecule has 0 aliphatic rings. The van der Waals surface area contributed by atoms with Gasteiger partial charge < -0.3 is 10.0 Å². The number of carboxylic acids is 1. The van der Waals surface area contributed by atoms with Crippen LogP contribution in [0.3, 0.4) is 0 Å². The molecule has 1 aromatic rings. The number of hydrogen-bond donors (Lipinski definition) is 1. The third kappa shape index (κ3) is 4.35. The second-order valence-electron chi connectivity index (χ2n) is 4.43. The maximum absolute atomic E-state index is 13.1. The Labute approximate surface area is 111 Å². The van der Waals surface area contributed by atoms with E-state index < -0.39 is 17.7 Å². The lowest BCUT2D eigenvalue weighted by Crippen LogP contribution is -2.38. The summed E-state index contributed by atoms with van der Waals surface area (Å²) in [5.41, 5.74) is 0.552. The van der Waals surface area contributed by atoms with Gasteiger partial charge in [0, 0.05) is 6.54 Å². The Morgan fingerprint density at radius 2 is 2.11 bits per heavy atom. The fraction of sp³-hybridized carbons (Fsp3) is 0.429. The fourth-order valence-electron chi connectivity index (χ4n) is 1.89. The molecule has 0 radical (unpaired) electrons. The van der Waals surface area contributed by atoms with E-state index in [0.29, 0.717) is 18.5 Å². The smallest absolute Gasteiger partial charge is 0.323 e. The van der Waals surface area contributed by atoms with Gasteiger partial charge >= 0.3 is 5.97 Å². The number of hydrogen-bond acceptors (Lipinski definition) is 2. The Morgan fingerprint density at radius 1 is 1.42 bits per heavy atom. The number of carbonyl (C=O) groups excluding carboxylic acids is 1. The van der Waals surface area contributed by atoms with Crippen LogP contribution in [0, 0.1) is 5.82 Å². The highest BCUT2D eigenvalue weighted by molar-refractivity contribution is 5.86. The number of amides is 1. The third-order valence-electron chi connectivity index (χ3n) is 2.85. The summed E-state index contributed by atoms with van der Waals surface area (Å²) in [4.78, 5) is 24.3. The van der Waals surface area contributed by atoms with Gasteiger partial charge in [0.05, 0.1) is 5.92 Å². The van der Waals surface area contributed by atoms with Crippen molar-refractivity contribution >= 4 is 11.9 Å². The summed E-state index contributed by atoms with van der Waals surface area (Å²) in [5.74, 6) is -2.30. The Bertz CT molecular complexity index is 462. The molecule has 1 unspecified atom stereocenters. The van der Waals surface area contributed by atoms with Crippen LogP contribution in [0.2, 0.25) is 0 Å². The first-order valence-corrected chi connectivity index (χ1v) is 6.21. The highest BCUT2D eigenvalue weighted by Crippen LogP contribution is 2.19. The maximum atomic E-state index is 13.1. The summed E-state index contributed by atoms with van der Waals surface area (Å²) in [7, 11) is 0. The zero-order chi connectivity index (χ0) is 14.4. The van der Waals surface area contributed by atoms with E-state index in [9.17, 15) is 14.0 Å². The molecule has 5 heteroatoms. The number of halogens is 1. The summed E-state index contributed by atoms with van der Waals surface area (Å²) >= 11 is 0. The summed E-state index contributed by atoms with van der Waals surface area (Å²) in [6.45, 7) is 3.58. The second kappa shape index (κ2) is 6.87. The molecule has 0 aromatic heterocycles. The van der Waals surface area contributed by atoms with Crippen molar-refractivity contribution in [2.24, 2.45) is 0 Å². The van der Waals surface area contributed by atoms with Crippen molar-refractivity contribution in [2.75, 3.05) is 13.1 Å². The van der Waals surface area contributed by atoms with E-state index in [1.165, 1.54) is 23.1 Å². The highest BCUT2D eigenvalue weighted by atomic mass is 19.1. The molecule has 0 spiro atoms. The summed E-state index contributed by atoms with van der Waals surface area (Å²) in [6.07, 6.45) is 0.675. The van der Waals surface area contributed by atoms with Crippen molar-refractivity contribution in [2.45, 2.75) is 26.2 Å². The first-order chi connectivity index (χ1) is 8.95. The number of aliphatic carboxylic acids is 1. The van der Waals surface area contributed by atoms with Crippen LogP contribution in [0.4, 0.5) is 4.39 Å². The van der Waals surface area contributed by atoms with Gasteiger partial charge in [0.2, 0.25) is 5.91 Å². The van der Waals surface area contributed by atoms with Crippen molar-refractivity contribution in [1.29, 1.82) is 0 Å². The molecule has 0 saturated heterocycles. The van der Waals surface area contributed by atoms with Crippen LogP contribution in [-0.4, -0.2) is 35.0 Å². The minimum absolute atomic E-state index is 0.296. The summed E-state index contributed by atoms with van der Waals surface area (Å²) in [5, 5.41) is 8.80. The zero-order valence-electron chi connectivity index (χ0n) is 11.1. The molecule has 1 N–H and O–H groups in total. The molecule has 19 heavy (non-hydrogen) atoms. The number of carboxylic acid groups (broad SMARTS) is 1. The summed E-state index contributed by atoms with van der Waals surface area (Å²) < 4.78 is 13.1. The predicted molar refractivity (Wildman–Crippen MR) is 69.3 cm³/mol. The molecule has 0 aliphatic carbocycles. The van der Waals surface area contributed by atoms with E-state index >= 15 is 0 Å². The number of carbonyl (C=O) groups is 2. The minimum atomic E-state index is -1.05. The van der Waals surface area contributed by atoms with Crippen molar-refractivity contribution in [3.8, 4) is 0 Å². The number of rotatable bonds is 6. The molecule has 0 fully saturated rings. The van der Waals surface area contributed by atoms with Crippen molar-refractivity contribution in [3.05, 3.63) is 35.6 Å². The van der Waals surface area contributed by atoms with Crippen LogP contribution >= 0.6 is 0 Å². The van der Waals surface area contributed by atoms with E-state index in [1.54, 1.807) is 13.0 Å². The van der Waals surface area contributed by atoms with E-state index in [-0.39, 0.29) is 12.5 Å². The molecule has 1 amide bonds. The Hall–Kier alpha value is -1.91. The van der Waals surface area contributed by atoms with Gasteiger partial charge in [-0.05, 0) is 31.0 Å². The molecule has 4 nitrogen and oxygen atoms in total. The van der Waals surface area contributed by atoms with Crippen LogP contribution in [0.5, 0.6) is 0 Å². The van der Waals surface area contributed by atoms with Gasteiger partial charge in [0.1, 0.15) is 12.4 Å². The van der Waals surface area contributed by atoms with Crippen LogP contribution < -0.4 is 0 Å². The topological polar surface area (TPSA) is 57.6 Å². The summed E-state index contributed by atoms with van der Waals surface area (Å²) in [6, 6.07) is 5.81. The Morgan fingerprint density at radius 3 is 2.63 bits per heavy atom. The van der Waals surface area contributed by atoms with Crippen LogP contribution in [0.25, 0.3) is 0 Å². The average Bonchev–Trinajstić information content (AvgIpc) is 2.36. The first-order valence-electron chi connectivity index (χ1n) is 6.21. The van der Waals surface area contributed by atoms with Crippen molar-refractivity contribution < 1.29 is 19.1 Å². The molecule has 1 atom stereocenters. The molecule has 0 bridgehead atoms. The third-order valence-corrected chi connectivity index (χ3v) is 2.85. The predicted octanol–water partition coefficient (Wildman–Crippen LogP) is 2.25. The van der Waals surface area contributed by atoms with Gasteiger partial charge in [-0.1, -0.05) is 19.1 Å². The lowest BCUT2D eigenvalue weighted by atomic mass is 9.99. The maximum Gasteiger partial charge on any atom is 0.323 e. The minimum Gasteiger partial charge on any atom is -0.480 e. The molecule has 1 aromatic carbocycles. The van der Waals surface area contributed by atoms with Gasteiger partial charge in [-0.3, -0.25) is 9.59 Å². The first kappa shape index (κ1) is 15.1. The molecule has 104 valence electrons. The SMILES string of the molecule is CCCN(CC(=O)O)C(=O)C(C)c1cccc(F)c1. The molecule has 0 aliphatic heterocycles. The lowest BCUT2D eigenvalue weighted by molar-refractivity contribution is -0.145.